The Kier molecular flexibility index (Phi) is 3.21. The van der Waals surface area contributed by atoms with Gasteiger partial charge in [0.2, 0.25) is 0 Å². The summed E-state index contributed by atoms with van der Waals surface area (Å²) in [5.74, 6) is 6.33. The van der Waals surface area contributed by atoms with Gasteiger partial charge in [-0.3, -0.25) is 11.3 Å². The summed E-state index contributed by atoms with van der Waals surface area (Å²) in [4.78, 5) is 0. The molecule has 0 radical (unpaired) electrons. The largest absolute Gasteiger partial charge is 0.271 e. The lowest BCUT2D eigenvalue weighted by Gasteiger charge is -2.14. The fourth-order valence-corrected chi connectivity index (χ4v) is 2.00. The summed E-state index contributed by atoms with van der Waals surface area (Å²) in [5.41, 5.74) is 4.27. The first-order valence-electron chi connectivity index (χ1n) is 5.00. The molecule has 0 saturated heterocycles. The predicted octanol–water partition coefficient (Wildman–Crippen LogP) is 2.23. The fourth-order valence-electron chi connectivity index (χ4n) is 1.73. The third-order valence-corrected chi connectivity index (χ3v) is 3.30. The smallest absolute Gasteiger partial charge is 0.0279 e. The van der Waals surface area contributed by atoms with E-state index in [1.165, 1.54) is 18.4 Å². The Balaban J connectivity index is 1.98. The van der Waals surface area contributed by atoms with Crippen LogP contribution in [0.5, 0.6) is 0 Å². The molecule has 1 aliphatic carbocycles. The third-order valence-electron chi connectivity index (χ3n) is 2.77. The van der Waals surface area contributed by atoms with E-state index in [0.717, 1.165) is 16.8 Å². The van der Waals surface area contributed by atoms with Gasteiger partial charge in [0.1, 0.15) is 0 Å². The van der Waals surface area contributed by atoms with Crippen LogP contribution >= 0.6 is 15.9 Å². The van der Waals surface area contributed by atoms with Gasteiger partial charge < -0.3 is 0 Å². The molecule has 2 rings (SSSR count). The number of hydrogen-bond acceptors (Lipinski definition) is 2. The molecule has 0 aromatic heterocycles. The van der Waals surface area contributed by atoms with Crippen LogP contribution < -0.4 is 11.3 Å². The van der Waals surface area contributed by atoms with Crippen molar-refractivity contribution in [3.63, 3.8) is 0 Å². The van der Waals surface area contributed by atoms with Crippen molar-refractivity contribution in [3.8, 4) is 0 Å². The van der Waals surface area contributed by atoms with E-state index < -0.39 is 0 Å². The van der Waals surface area contributed by atoms with Gasteiger partial charge in [0.05, 0.1) is 0 Å². The second-order valence-electron chi connectivity index (χ2n) is 3.94. The van der Waals surface area contributed by atoms with Gasteiger partial charge in [0.25, 0.3) is 0 Å². The first-order chi connectivity index (χ1) is 6.79. The Labute approximate surface area is 93.0 Å². The van der Waals surface area contributed by atoms with Gasteiger partial charge in [0.15, 0.2) is 0 Å². The molecule has 1 saturated carbocycles. The van der Waals surface area contributed by atoms with Gasteiger partial charge >= 0.3 is 0 Å². The molecule has 76 valence electrons. The number of nitrogens with one attached hydrogen (secondary N) is 1. The average Bonchev–Trinajstić information content (AvgIpc) is 3.01. The van der Waals surface area contributed by atoms with Gasteiger partial charge in [-0.05, 0) is 42.9 Å². The van der Waals surface area contributed by atoms with Crippen molar-refractivity contribution in [1.29, 1.82) is 0 Å². The number of rotatable bonds is 4. The van der Waals surface area contributed by atoms with Gasteiger partial charge in [-0.15, -0.1) is 0 Å². The van der Waals surface area contributed by atoms with E-state index >= 15 is 0 Å². The SMILES string of the molecule is NNC(Cc1ccc(Br)cc1)C1CC1. The Morgan fingerprint density at radius 1 is 1.36 bits per heavy atom. The van der Waals surface area contributed by atoms with Crippen molar-refractivity contribution < 1.29 is 0 Å². The maximum absolute atomic E-state index is 5.53. The van der Waals surface area contributed by atoms with Crippen molar-refractivity contribution in [1.82, 2.24) is 5.43 Å². The summed E-state index contributed by atoms with van der Waals surface area (Å²) < 4.78 is 1.13. The van der Waals surface area contributed by atoms with Crippen molar-refractivity contribution in [2.75, 3.05) is 0 Å². The minimum atomic E-state index is 0.455. The topological polar surface area (TPSA) is 38.0 Å². The quantitative estimate of drug-likeness (QED) is 0.639. The van der Waals surface area contributed by atoms with Gasteiger partial charge in [0, 0.05) is 10.5 Å². The van der Waals surface area contributed by atoms with Crippen molar-refractivity contribution in [2.24, 2.45) is 11.8 Å². The average molecular weight is 255 g/mol. The molecule has 1 aromatic rings. The highest BCUT2D eigenvalue weighted by molar-refractivity contribution is 9.10. The molecule has 0 spiro atoms. The molecule has 3 heteroatoms. The van der Waals surface area contributed by atoms with E-state index in [1.807, 2.05) is 0 Å². The number of hydrogen-bond donors (Lipinski definition) is 2. The van der Waals surface area contributed by atoms with E-state index in [2.05, 4.69) is 45.6 Å². The minimum Gasteiger partial charge on any atom is -0.271 e. The Morgan fingerprint density at radius 3 is 2.50 bits per heavy atom. The summed E-state index contributed by atoms with van der Waals surface area (Å²) in [5, 5.41) is 0. The molecule has 0 heterocycles. The number of hydrazine groups is 1. The summed E-state index contributed by atoms with van der Waals surface area (Å²) in [7, 11) is 0. The second-order valence-corrected chi connectivity index (χ2v) is 4.86. The molecular weight excluding hydrogens is 240 g/mol. The maximum Gasteiger partial charge on any atom is 0.0279 e. The normalized spacial score (nSPS) is 18.1. The minimum absolute atomic E-state index is 0.455. The van der Waals surface area contributed by atoms with E-state index in [-0.39, 0.29) is 0 Å². The standard InChI is InChI=1S/C11H15BrN2/c12-10-5-1-8(2-6-10)7-11(14-13)9-3-4-9/h1-2,5-6,9,11,14H,3-4,7,13H2. The van der Waals surface area contributed by atoms with E-state index in [4.69, 9.17) is 5.84 Å². The van der Waals surface area contributed by atoms with Crippen LogP contribution in [0, 0.1) is 5.92 Å². The third kappa shape index (κ3) is 2.56. The van der Waals surface area contributed by atoms with E-state index in [1.54, 1.807) is 0 Å². The highest BCUT2D eigenvalue weighted by Crippen LogP contribution is 2.33. The molecule has 1 aliphatic rings. The van der Waals surface area contributed by atoms with Crippen LogP contribution in [-0.4, -0.2) is 6.04 Å². The maximum atomic E-state index is 5.53. The Bertz CT molecular complexity index is 293. The van der Waals surface area contributed by atoms with Crippen molar-refractivity contribution in [2.45, 2.75) is 25.3 Å². The van der Waals surface area contributed by atoms with Crippen LogP contribution in [0.15, 0.2) is 28.7 Å². The highest BCUT2D eigenvalue weighted by atomic mass is 79.9. The molecule has 2 nitrogen and oxygen atoms in total. The molecule has 1 fully saturated rings. The molecule has 14 heavy (non-hydrogen) atoms. The van der Waals surface area contributed by atoms with Crippen molar-refractivity contribution >= 4 is 15.9 Å². The van der Waals surface area contributed by atoms with Gasteiger partial charge in [-0.2, -0.15) is 0 Å². The molecule has 0 amide bonds. The summed E-state index contributed by atoms with van der Waals surface area (Å²) >= 11 is 3.43. The zero-order valence-corrected chi connectivity index (χ0v) is 9.63. The van der Waals surface area contributed by atoms with Crippen LogP contribution in [0.4, 0.5) is 0 Å². The Morgan fingerprint density at radius 2 is 2.00 bits per heavy atom. The number of benzene rings is 1. The zero-order valence-electron chi connectivity index (χ0n) is 8.04. The first kappa shape index (κ1) is 10.1. The van der Waals surface area contributed by atoms with Crippen molar-refractivity contribution in [3.05, 3.63) is 34.3 Å². The summed E-state index contributed by atoms with van der Waals surface area (Å²) in [6, 6.07) is 8.91. The second kappa shape index (κ2) is 4.43. The molecule has 1 atom stereocenters. The molecule has 1 unspecified atom stereocenters. The Hall–Kier alpha value is -0.380. The molecule has 0 aliphatic heterocycles. The first-order valence-corrected chi connectivity index (χ1v) is 5.79. The van der Waals surface area contributed by atoms with Gasteiger partial charge in [-0.1, -0.05) is 28.1 Å². The number of nitrogens with two attached hydrogens (primary N) is 1. The van der Waals surface area contributed by atoms with Crippen LogP contribution in [0.1, 0.15) is 18.4 Å². The van der Waals surface area contributed by atoms with Crippen LogP contribution in [-0.2, 0) is 6.42 Å². The fraction of sp³-hybridized carbons (Fsp3) is 0.455. The lowest BCUT2D eigenvalue weighted by atomic mass is 10.0. The monoisotopic (exact) mass is 254 g/mol. The molecular formula is C11H15BrN2. The summed E-state index contributed by atoms with van der Waals surface area (Å²) in [6.07, 6.45) is 3.69. The predicted molar refractivity (Wildman–Crippen MR) is 61.7 cm³/mol. The van der Waals surface area contributed by atoms with Crippen LogP contribution in [0.3, 0.4) is 0 Å². The lowest BCUT2D eigenvalue weighted by molar-refractivity contribution is 0.472. The van der Waals surface area contributed by atoms with Gasteiger partial charge in [-0.25, -0.2) is 0 Å². The van der Waals surface area contributed by atoms with Crippen LogP contribution in [0.25, 0.3) is 0 Å². The zero-order chi connectivity index (χ0) is 9.97. The van der Waals surface area contributed by atoms with E-state index in [0.29, 0.717) is 6.04 Å². The lowest BCUT2D eigenvalue weighted by Crippen LogP contribution is -2.38. The van der Waals surface area contributed by atoms with E-state index in [9.17, 15) is 0 Å². The molecule has 1 aromatic carbocycles. The molecule has 3 N–H and O–H groups in total. The number of halogens is 1. The molecule has 0 bridgehead atoms. The highest BCUT2D eigenvalue weighted by Gasteiger charge is 2.30. The van der Waals surface area contributed by atoms with Crippen LogP contribution in [0.2, 0.25) is 0 Å². The summed E-state index contributed by atoms with van der Waals surface area (Å²) in [6.45, 7) is 0.